The van der Waals surface area contributed by atoms with E-state index in [4.69, 9.17) is 5.73 Å². The molecule has 0 radical (unpaired) electrons. The summed E-state index contributed by atoms with van der Waals surface area (Å²) in [5.41, 5.74) is 5.74. The molecule has 0 unspecified atom stereocenters. The SMILES string of the molecule is NCC(=O)Nc1ncnc2[nH]ncc12. The molecule has 2 rings (SSSR count). The van der Waals surface area contributed by atoms with Gasteiger partial charge in [0.15, 0.2) is 5.65 Å². The van der Waals surface area contributed by atoms with Gasteiger partial charge in [-0.3, -0.25) is 9.89 Å². The number of carbonyl (C=O) groups is 1. The van der Waals surface area contributed by atoms with Gasteiger partial charge in [0.2, 0.25) is 5.91 Å². The first-order valence-electron chi connectivity index (χ1n) is 3.95. The van der Waals surface area contributed by atoms with E-state index in [1.54, 1.807) is 6.20 Å². The van der Waals surface area contributed by atoms with Gasteiger partial charge in [0.05, 0.1) is 18.1 Å². The predicted octanol–water partition coefficient (Wildman–Crippen LogP) is -0.750. The number of H-pyrrole nitrogens is 1. The van der Waals surface area contributed by atoms with Crippen molar-refractivity contribution in [2.45, 2.75) is 0 Å². The lowest BCUT2D eigenvalue weighted by Gasteiger charge is -2.01. The minimum atomic E-state index is -0.300. The normalized spacial score (nSPS) is 10.4. The number of hydrogen-bond donors (Lipinski definition) is 3. The summed E-state index contributed by atoms with van der Waals surface area (Å²) < 4.78 is 0. The van der Waals surface area contributed by atoms with Crippen LogP contribution in [0.3, 0.4) is 0 Å². The van der Waals surface area contributed by atoms with Gasteiger partial charge in [0, 0.05) is 0 Å². The highest BCUT2D eigenvalue weighted by atomic mass is 16.1. The standard InChI is InChI=1S/C7H8N6O/c8-1-5(14)12-6-4-2-11-13-7(4)10-3-9-6/h2-3H,1,8H2,(H2,9,10,11,12,13,14). The Hall–Kier alpha value is -2.02. The van der Waals surface area contributed by atoms with Gasteiger partial charge in [0.25, 0.3) is 0 Å². The molecule has 0 aliphatic heterocycles. The first-order valence-corrected chi connectivity index (χ1v) is 3.95. The van der Waals surface area contributed by atoms with E-state index in [0.717, 1.165) is 0 Å². The van der Waals surface area contributed by atoms with Crippen LogP contribution in [0.2, 0.25) is 0 Å². The van der Waals surface area contributed by atoms with Gasteiger partial charge in [-0.05, 0) is 0 Å². The van der Waals surface area contributed by atoms with E-state index >= 15 is 0 Å². The summed E-state index contributed by atoms with van der Waals surface area (Å²) in [5.74, 6) is 0.116. The zero-order chi connectivity index (χ0) is 9.97. The molecule has 0 fully saturated rings. The predicted molar refractivity (Wildman–Crippen MR) is 49.4 cm³/mol. The Morgan fingerprint density at radius 3 is 3.21 bits per heavy atom. The number of anilines is 1. The topological polar surface area (TPSA) is 110 Å². The van der Waals surface area contributed by atoms with E-state index in [1.807, 2.05) is 0 Å². The second-order valence-electron chi connectivity index (χ2n) is 2.61. The molecule has 7 nitrogen and oxygen atoms in total. The number of nitrogens with one attached hydrogen (secondary N) is 2. The molecule has 2 aromatic heterocycles. The zero-order valence-corrected chi connectivity index (χ0v) is 7.19. The molecular weight excluding hydrogens is 184 g/mol. The van der Waals surface area contributed by atoms with Crippen molar-refractivity contribution < 1.29 is 4.79 Å². The maximum Gasteiger partial charge on any atom is 0.239 e. The number of aromatic amines is 1. The van der Waals surface area contributed by atoms with Gasteiger partial charge < -0.3 is 11.1 Å². The second-order valence-corrected chi connectivity index (χ2v) is 2.61. The van der Waals surface area contributed by atoms with Crippen LogP contribution in [-0.4, -0.2) is 32.6 Å². The summed E-state index contributed by atoms with van der Waals surface area (Å²) in [6.07, 6.45) is 2.88. The van der Waals surface area contributed by atoms with Gasteiger partial charge in [-0.15, -0.1) is 0 Å². The van der Waals surface area contributed by atoms with Gasteiger partial charge in [-0.25, -0.2) is 9.97 Å². The summed E-state index contributed by atoms with van der Waals surface area (Å²) in [6.45, 7) is -0.0800. The highest BCUT2D eigenvalue weighted by Gasteiger charge is 2.07. The summed E-state index contributed by atoms with van der Waals surface area (Å²) in [7, 11) is 0. The fourth-order valence-corrected chi connectivity index (χ4v) is 1.05. The van der Waals surface area contributed by atoms with E-state index < -0.39 is 0 Å². The lowest BCUT2D eigenvalue weighted by atomic mass is 10.4. The third kappa shape index (κ3) is 1.40. The molecule has 72 valence electrons. The van der Waals surface area contributed by atoms with Crippen molar-refractivity contribution in [1.29, 1.82) is 0 Å². The van der Waals surface area contributed by atoms with Crippen molar-refractivity contribution in [2.24, 2.45) is 5.73 Å². The smallest absolute Gasteiger partial charge is 0.239 e. The Morgan fingerprint density at radius 2 is 2.43 bits per heavy atom. The number of nitrogens with zero attached hydrogens (tertiary/aromatic N) is 3. The lowest BCUT2D eigenvalue weighted by Crippen LogP contribution is -2.22. The first-order chi connectivity index (χ1) is 6.81. The molecular formula is C7H8N6O. The molecule has 0 bridgehead atoms. The van der Waals surface area contributed by atoms with Crippen molar-refractivity contribution in [2.75, 3.05) is 11.9 Å². The monoisotopic (exact) mass is 192 g/mol. The van der Waals surface area contributed by atoms with Crippen LogP contribution < -0.4 is 11.1 Å². The Labute approximate surface area is 78.7 Å². The Kier molecular flexibility index (Phi) is 2.07. The maximum absolute atomic E-state index is 11.0. The second kappa shape index (κ2) is 3.38. The maximum atomic E-state index is 11.0. The van der Waals surface area contributed by atoms with Crippen molar-refractivity contribution in [3.05, 3.63) is 12.5 Å². The quantitative estimate of drug-likeness (QED) is 0.580. The molecule has 0 aromatic carbocycles. The van der Waals surface area contributed by atoms with Gasteiger partial charge in [-0.1, -0.05) is 0 Å². The van der Waals surface area contributed by atoms with E-state index in [2.05, 4.69) is 25.5 Å². The molecule has 0 aliphatic rings. The largest absolute Gasteiger partial charge is 0.322 e. The van der Waals surface area contributed by atoms with Crippen LogP contribution in [-0.2, 0) is 4.79 Å². The Bertz CT molecular complexity index is 464. The number of fused-ring (bicyclic) bond motifs is 1. The van der Waals surface area contributed by atoms with Crippen LogP contribution in [0.15, 0.2) is 12.5 Å². The van der Waals surface area contributed by atoms with E-state index in [0.29, 0.717) is 16.9 Å². The van der Waals surface area contributed by atoms with Crippen molar-refractivity contribution >= 4 is 22.8 Å². The average molecular weight is 192 g/mol. The minimum absolute atomic E-state index is 0.0800. The number of aromatic nitrogens is 4. The van der Waals surface area contributed by atoms with Crippen LogP contribution in [0.25, 0.3) is 11.0 Å². The Morgan fingerprint density at radius 1 is 1.57 bits per heavy atom. The first kappa shape index (κ1) is 8.57. The average Bonchev–Trinajstić information content (AvgIpc) is 2.66. The van der Waals surface area contributed by atoms with Crippen molar-refractivity contribution in [1.82, 2.24) is 20.2 Å². The van der Waals surface area contributed by atoms with E-state index in [1.165, 1.54) is 6.33 Å². The minimum Gasteiger partial charge on any atom is -0.322 e. The third-order valence-corrected chi connectivity index (χ3v) is 1.69. The number of carbonyl (C=O) groups excluding carboxylic acids is 1. The zero-order valence-electron chi connectivity index (χ0n) is 7.19. The number of hydrogen-bond acceptors (Lipinski definition) is 5. The molecule has 0 aliphatic carbocycles. The molecule has 4 N–H and O–H groups in total. The van der Waals surface area contributed by atoms with Gasteiger partial charge >= 0.3 is 0 Å². The molecule has 0 atom stereocenters. The molecule has 0 saturated heterocycles. The van der Waals surface area contributed by atoms with Crippen LogP contribution in [0, 0.1) is 0 Å². The molecule has 2 heterocycles. The number of nitrogens with two attached hydrogens (primary N) is 1. The van der Waals surface area contributed by atoms with Gasteiger partial charge in [0.1, 0.15) is 12.1 Å². The highest BCUT2D eigenvalue weighted by Crippen LogP contribution is 2.15. The van der Waals surface area contributed by atoms with Crippen molar-refractivity contribution in [3.8, 4) is 0 Å². The fourth-order valence-electron chi connectivity index (χ4n) is 1.05. The van der Waals surface area contributed by atoms with Crippen LogP contribution in [0.5, 0.6) is 0 Å². The van der Waals surface area contributed by atoms with Crippen molar-refractivity contribution in [3.63, 3.8) is 0 Å². The van der Waals surface area contributed by atoms with E-state index in [-0.39, 0.29) is 12.5 Å². The van der Waals surface area contributed by atoms with Crippen LogP contribution in [0.4, 0.5) is 5.82 Å². The fraction of sp³-hybridized carbons (Fsp3) is 0.143. The van der Waals surface area contributed by atoms with Crippen LogP contribution >= 0.6 is 0 Å². The third-order valence-electron chi connectivity index (χ3n) is 1.69. The molecule has 0 saturated carbocycles. The van der Waals surface area contributed by atoms with Crippen LogP contribution in [0.1, 0.15) is 0 Å². The molecule has 0 spiro atoms. The Balaban J connectivity index is 2.41. The summed E-state index contributed by atoms with van der Waals surface area (Å²) in [5, 5.41) is 9.66. The van der Waals surface area contributed by atoms with E-state index in [9.17, 15) is 4.79 Å². The lowest BCUT2D eigenvalue weighted by molar-refractivity contribution is -0.114. The summed E-state index contributed by atoms with van der Waals surface area (Å²) in [4.78, 5) is 18.9. The number of amides is 1. The van der Waals surface area contributed by atoms with Gasteiger partial charge in [-0.2, -0.15) is 5.10 Å². The summed E-state index contributed by atoms with van der Waals surface area (Å²) in [6, 6.07) is 0. The molecule has 1 amide bonds. The highest BCUT2D eigenvalue weighted by molar-refractivity contribution is 5.98. The molecule has 14 heavy (non-hydrogen) atoms. The molecule has 2 aromatic rings. The number of rotatable bonds is 2. The summed E-state index contributed by atoms with van der Waals surface area (Å²) >= 11 is 0. The molecule has 7 heteroatoms.